The molecular weight excluding hydrogens is 226 g/mol. The highest BCUT2D eigenvalue weighted by molar-refractivity contribution is 7.11. The van der Waals surface area contributed by atoms with Crippen molar-refractivity contribution in [3.05, 3.63) is 21.9 Å². The van der Waals surface area contributed by atoms with Crippen LogP contribution < -0.4 is 5.32 Å². The fourth-order valence-corrected chi connectivity index (χ4v) is 3.67. The Kier molecular flexibility index (Phi) is 5.05. The van der Waals surface area contributed by atoms with Crippen LogP contribution in [0.2, 0.25) is 0 Å². The maximum absolute atomic E-state index is 3.57. The van der Waals surface area contributed by atoms with E-state index >= 15 is 0 Å². The summed E-state index contributed by atoms with van der Waals surface area (Å²) in [5, 5.41) is 3.57. The monoisotopic (exact) mass is 251 g/mol. The van der Waals surface area contributed by atoms with Crippen LogP contribution in [0.15, 0.2) is 12.1 Å². The number of thiophene rings is 1. The maximum atomic E-state index is 3.57. The lowest BCUT2D eigenvalue weighted by molar-refractivity contribution is 0.172. The molecule has 1 nitrogen and oxygen atoms in total. The average Bonchev–Trinajstić information content (AvgIpc) is 2.78. The predicted octanol–water partition coefficient (Wildman–Crippen LogP) is 3.88. The molecule has 2 atom stereocenters. The van der Waals surface area contributed by atoms with Crippen LogP contribution in [0, 0.1) is 11.8 Å². The first kappa shape index (κ1) is 13.1. The quantitative estimate of drug-likeness (QED) is 0.725. The molecule has 0 radical (unpaired) electrons. The molecule has 0 spiro atoms. The Morgan fingerprint density at radius 1 is 1.18 bits per heavy atom. The zero-order valence-corrected chi connectivity index (χ0v) is 12.0. The summed E-state index contributed by atoms with van der Waals surface area (Å²) < 4.78 is 0. The molecule has 2 unspecified atom stereocenters. The molecule has 1 heterocycles. The minimum absolute atomic E-state index is 0.939. The summed E-state index contributed by atoms with van der Waals surface area (Å²) in [5.41, 5.74) is 0. The summed E-state index contributed by atoms with van der Waals surface area (Å²) >= 11 is 2.02. The fraction of sp³-hybridized carbons (Fsp3) is 0.733. The first-order valence-corrected chi connectivity index (χ1v) is 7.93. The van der Waals surface area contributed by atoms with Crippen molar-refractivity contribution in [3.63, 3.8) is 0 Å². The van der Waals surface area contributed by atoms with Crippen LogP contribution in [0.4, 0.5) is 0 Å². The molecule has 2 rings (SSSR count). The van der Waals surface area contributed by atoms with E-state index in [4.69, 9.17) is 0 Å². The number of nitrogens with one attached hydrogen (secondary N) is 1. The highest BCUT2D eigenvalue weighted by Crippen LogP contribution is 2.37. The second kappa shape index (κ2) is 6.55. The summed E-state index contributed by atoms with van der Waals surface area (Å²) in [7, 11) is 0. The molecule has 2 heteroatoms. The maximum Gasteiger partial charge on any atom is 0.00510 e. The van der Waals surface area contributed by atoms with Gasteiger partial charge in [-0.05, 0) is 69.2 Å². The van der Waals surface area contributed by atoms with Gasteiger partial charge in [-0.3, -0.25) is 0 Å². The van der Waals surface area contributed by atoms with Gasteiger partial charge in [0.05, 0.1) is 0 Å². The molecule has 96 valence electrons. The van der Waals surface area contributed by atoms with E-state index in [1.807, 2.05) is 11.3 Å². The molecule has 0 amide bonds. The van der Waals surface area contributed by atoms with Crippen LogP contribution in [-0.2, 0) is 12.8 Å². The second-order valence-electron chi connectivity index (χ2n) is 5.23. The van der Waals surface area contributed by atoms with Gasteiger partial charge in [-0.25, -0.2) is 0 Å². The van der Waals surface area contributed by atoms with Crippen LogP contribution in [-0.4, -0.2) is 13.1 Å². The normalized spacial score (nSPS) is 23.6. The molecule has 0 aliphatic heterocycles. The Morgan fingerprint density at radius 2 is 1.94 bits per heavy atom. The van der Waals surface area contributed by atoms with Crippen LogP contribution in [0.25, 0.3) is 0 Å². The standard InChI is InChI=1S/C15H25NS/c1-3-9-16-11-13-6-5-12(13)10-15-8-7-14(4-2)17-15/h7-8,12-13,16H,3-6,9-11H2,1-2H3. The fourth-order valence-electron chi connectivity index (χ4n) is 2.62. The van der Waals surface area contributed by atoms with Gasteiger partial charge in [-0.1, -0.05) is 13.8 Å². The number of hydrogen-bond donors (Lipinski definition) is 1. The lowest BCUT2D eigenvalue weighted by Gasteiger charge is -2.36. The second-order valence-corrected chi connectivity index (χ2v) is 6.48. The van der Waals surface area contributed by atoms with Gasteiger partial charge in [0.2, 0.25) is 0 Å². The molecule has 1 saturated carbocycles. The highest BCUT2D eigenvalue weighted by atomic mass is 32.1. The molecule has 0 bridgehead atoms. The number of rotatable bonds is 7. The van der Waals surface area contributed by atoms with Gasteiger partial charge in [0.25, 0.3) is 0 Å². The van der Waals surface area contributed by atoms with Gasteiger partial charge in [0.1, 0.15) is 0 Å². The summed E-state index contributed by atoms with van der Waals surface area (Å²) in [6.45, 7) is 6.91. The van der Waals surface area contributed by atoms with Crippen molar-refractivity contribution >= 4 is 11.3 Å². The van der Waals surface area contributed by atoms with E-state index in [1.165, 1.54) is 45.2 Å². The van der Waals surface area contributed by atoms with Gasteiger partial charge in [-0.15, -0.1) is 11.3 Å². The van der Waals surface area contributed by atoms with Crippen LogP contribution in [0.1, 0.15) is 42.9 Å². The third kappa shape index (κ3) is 3.56. The Morgan fingerprint density at radius 3 is 2.53 bits per heavy atom. The van der Waals surface area contributed by atoms with Crippen LogP contribution >= 0.6 is 11.3 Å². The largest absolute Gasteiger partial charge is 0.316 e. The van der Waals surface area contributed by atoms with Crippen LogP contribution in [0.3, 0.4) is 0 Å². The minimum Gasteiger partial charge on any atom is -0.316 e. The molecule has 1 fully saturated rings. The van der Waals surface area contributed by atoms with E-state index in [0.717, 1.165) is 11.8 Å². The zero-order valence-electron chi connectivity index (χ0n) is 11.2. The summed E-state index contributed by atoms with van der Waals surface area (Å²) in [6, 6.07) is 4.65. The topological polar surface area (TPSA) is 12.0 Å². The number of hydrogen-bond acceptors (Lipinski definition) is 2. The Balaban J connectivity index is 1.75. The van der Waals surface area contributed by atoms with E-state index in [2.05, 4.69) is 31.3 Å². The molecule has 1 N–H and O–H groups in total. The lowest BCUT2D eigenvalue weighted by atomic mass is 9.71. The molecule has 0 saturated heterocycles. The van der Waals surface area contributed by atoms with Gasteiger partial charge in [0.15, 0.2) is 0 Å². The molecule has 1 aliphatic carbocycles. The van der Waals surface area contributed by atoms with Crippen LogP contribution in [0.5, 0.6) is 0 Å². The van der Waals surface area contributed by atoms with Crippen molar-refractivity contribution in [1.29, 1.82) is 0 Å². The van der Waals surface area contributed by atoms with E-state index in [9.17, 15) is 0 Å². The first-order valence-electron chi connectivity index (χ1n) is 7.11. The van der Waals surface area contributed by atoms with Gasteiger partial charge >= 0.3 is 0 Å². The van der Waals surface area contributed by atoms with Gasteiger partial charge < -0.3 is 5.32 Å². The van der Waals surface area contributed by atoms with Crippen molar-refractivity contribution in [2.75, 3.05) is 13.1 Å². The van der Waals surface area contributed by atoms with E-state index in [0.29, 0.717) is 0 Å². The van der Waals surface area contributed by atoms with Crippen molar-refractivity contribution in [2.24, 2.45) is 11.8 Å². The third-order valence-electron chi connectivity index (χ3n) is 3.94. The summed E-state index contributed by atoms with van der Waals surface area (Å²) in [4.78, 5) is 3.15. The Hall–Kier alpha value is -0.340. The SMILES string of the molecule is CCCNCC1CCC1Cc1ccc(CC)s1. The molecule has 17 heavy (non-hydrogen) atoms. The lowest BCUT2D eigenvalue weighted by Crippen LogP contribution is -2.36. The molecule has 1 aromatic heterocycles. The minimum atomic E-state index is 0.939. The molecule has 1 aliphatic rings. The van der Waals surface area contributed by atoms with Crippen molar-refractivity contribution in [3.8, 4) is 0 Å². The van der Waals surface area contributed by atoms with Gasteiger partial charge in [0, 0.05) is 9.75 Å². The van der Waals surface area contributed by atoms with Crippen molar-refractivity contribution in [2.45, 2.75) is 46.0 Å². The number of aryl methyl sites for hydroxylation is 1. The van der Waals surface area contributed by atoms with Crippen molar-refractivity contribution < 1.29 is 0 Å². The first-order chi connectivity index (χ1) is 8.33. The molecule has 0 aromatic carbocycles. The van der Waals surface area contributed by atoms with Gasteiger partial charge in [-0.2, -0.15) is 0 Å². The molecular formula is C15H25NS. The zero-order chi connectivity index (χ0) is 12.1. The van der Waals surface area contributed by atoms with E-state index in [-0.39, 0.29) is 0 Å². The Bertz CT molecular complexity index is 331. The summed E-state index contributed by atoms with van der Waals surface area (Å²) in [5.74, 6) is 1.89. The third-order valence-corrected chi connectivity index (χ3v) is 5.19. The van der Waals surface area contributed by atoms with E-state index in [1.54, 1.807) is 9.75 Å². The Labute approximate surface area is 110 Å². The molecule has 1 aromatic rings. The summed E-state index contributed by atoms with van der Waals surface area (Å²) in [6.07, 6.45) is 6.65. The highest BCUT2D eigenvalue weighted by Gasteiger charge is 2.30. The predicted molar refractivity (Wildman–Crippen MR) is 76.8 cm³/mol. The average molecular weight is 251 g/mol. The smallest absolute Gasteiger partial charge is 0.00510 e. The van der Waals surface area contributed by atoms with E-state index < -0.39 is 0 Å². The van der Waals surface area contributed by atoms with Crippen molar-refractivity contribution in [1.82, 2.24) is 5.32 Å².